The van der Waals surface area contributed by atoms with Gasteiger partial charge >= 0.3 is 0 Å². The van der Waals surface area contributed by atoms with Crippen molar-refractivity contribution < 1.29 is 9.53 Å². The molecule has 0 aliphatic carbocycles. The van der Waals surface area contributed by atoms with Crippen LogP contribution >= 0.6 is 0 Å². The van der Waals surface area contributed by atoms with Crippen molar-refractivity contribution >= 4 is 11.7 Å². The molecule has 0 unspecified atom stereocenters. The van der Waals surface area contributed by atoms with Gasteiger partial charge in [-0.1, -0.05) is 30.3 Å². The number of benzene rings is 2. The summed E-state index contributed by atoms with van der Waals surface area (Å²) in [6, 6.07) is 17.0. The fraction of sp³-hybridized carbons (Fsp3) is 0.150. The molecule has 0 atom stereocenters. The number of anilines is 1. The molecule has 0 saturated heterocycles. The van der Waals surface area contributed by atoms with Crippen molar-refractivity contribution in [1.82, 2.24) is 9.97 Å². The fourth-order valence-electron chi connectivity index (χ4n) is 2.55. The minimum absolute atomic E-state index is 0.0265. The first-order valence-electron chi connectivity index (χ1n) is 8.10. The van der Waals surface area contributed by atoms with Gasteiger partial charge in [-0.2, -0.15) is 0 Å². The molecule has 0 bridgehead atoms. The maximum atomic E-state index is 12.1. The molecule has 0 spiro atoms. The van der Waals surface area contributed by atoms with Gasteiger partial charge < -0.3 is 15.0 Å². The zero-order chi connectivity index (χ0) is 18.5. The van der Waals surface area contributed by atoms with Crippen molar-refractivity contribution in [1.29, 1.82) is 0 Å². The Hall–Kier alpha value is -3.25. The molecular formula is C20H18N3O3-. The standard InChI is InChI=1S/C20H18N3O3/c1-14(24)23(25)20-18(12-15-6-4-3-5-7-15)22-19(13-21-20)16-8-10-17(26-2)11-9-16/h3-11,13H,12H2,1-2H3/q-1. The van der Waals surface area contributed by atoms with Gasteiger partial charge in [0.05, 0.1) is 24.7 Å². The van der Waals surface area contributed by atoms with Crippen LogP contribution in [0.4, 0.5) is 5.82 Å². The highest BCUT2D eigenvalue weighted by Crippen LogP contribution is 2.25. The molecule has 0 fully saturated rings. The van der Waals surface area contributed by atoms with Crippen LogP contribution in [0.3, 0.4) is 0 Å². The lowest BCUT2D eigenvalue weighted by atomic mass is 10.1. The molecule has 6 heteroatoms. The van der Waals surface area contributed by atoms with Gasteiger partial charge in [0.1, 0.15) is 11.6 Å². The van der Waals surface area contributed by atoms with E-state index in [1.807, 2.05) is 54.6 Å². The Morgan fingerprint density at radius 2 is 1.81 bits per heavy atom. The highest BCUT2D eigenvalue weighted by Gasteiger charge is 2.13. The number of ether oxygens (including phenoxy) is 1. The lowest BCUT2D eigenvalue weighted by Crippen LogP contribution is -2.24. The molecule has 0 aliphatic rings. The predicted octanol–water partition coefficient (Wildman–Crippen LogP) is 3.59. The Bertz CT molecular complexity index is 896. The summed E-state index contributed by atoms with van der Waals surface area (Å²) in [7, 11) is 1.60. The molecule has 1 amide bonds. The van der Waals surface area contributed by atoms with E-state index in [1.165, 1.54) is 13.1 Å². The summed E-state index contributed by atoms with van der Waals surface area (Å²) in [5.41, 5.74) is 2.90. The zero-order valence-corrected chi connectivity index (χ0v) is 14.5. The van der Waals surface area contributed by atoms with E-state index in [1.54, 1.807) is 7.11 Å². The minimum Gasteiger partial charge on any atom is -0.751 e. The first-order chi connectivity index (χ1) is 12.6. The molecule has 0 N–H and O–H groups in total. The Morgan fingerprint density at radius 3 is 2.42 bits per heavy atom. The highest BCUT2D eigenvalue weighted by atomic mass is 16.5. The maximum absolute atomic E-state index is 12.1. The Balaban J connectivity index is 2.02. The van der Waals surface area contributed by atoms with Crippen LogP contribution < -0.4 is 9.80 Å². The van der Waals surface area contributed by atoms with E-state index in [2.05, 4.69) is 9.97 Å². The lowest BCUT2D eigenvalue weighted by Gasteiger charge is -2.27. The fourth-order valence-corrected chi connectivity index (χ4v) is 2.55. The van der Waals surface area contributed by atoms with Gasteiger partial charge in [0.2, 0.25) is 5.91 Å². The van der Waals surface area contributed by atoms with E-state index < -0.39 is 5.91 Å². The maximum Gasteiger partial charge on any atom is 0.214 e. The smallest absolute Gasteiger partial charge is 0.214 e. The Kier molecular flexibility index (Phi) is 5.24. The van der Waals surface area contributed by atoms with Crippen molar-refractivity contribution in [2.45, 2.75) is 13.3 Å². The molecule has 132 valence electrons. The Labute approximate surface area is 151 Å². The van der Waals surface area contributed by atoms with Crippen molar-refractivity contribution in [3.8, 4) is 17.0 Å². The summed E-state index contributed by atoms with van der Waals surface area (Å²) in [4.78, 5) is 20.3. The summed E-state index contributed by atoms with van der Waals surface area (Å²) in [6.45, 7) is 1.21. The molecule has 1 aromatic heterocycles. The van der Waals surface area contributed by atoms with Crippen LogP contribution in [0.5, 0.6) is 5.75 Å². The Morgan fingerprint density at radius 1 is 1.12 bits per heavy atom. The van der Waals surface area contributed by atoms with Crippen molar-refractivity contribution in [3.63, 3.8) is 0 Å². The van der Waals surface area contributed by atoms with Crippen LogP contribution in [0.15, 0.2) is 60.8 Å². The SMILES string of the molecule is COc1ccc(-c2cnc(N([O-])C(C)=O)c(Cc3ccccc3)n2)cc1. The van der Waals surface area contributed by atoms with Crippen LogP contribution in [0.25, 0.3) is 11.3 Å². The van der Waals surface area contributed by atoms with Crippen molar-refractivity contribution in [3.05, 3.63) is 77.3 Å². The molecule has 0 radical (unpaired) electrons. The van der Waals surface area contributed by atoms with Gasteiger partial charge in [0.25, 0.3) is 0 Å². The predicted molar refractivity (Wildman–Crippen MR) is 99.8 cm³/mol. The summed E-state index contributed by atoms with van der Waals surface area (Å²) in [5.74, 6) is 0.134. The van der Waals surface area contributed by atoms with Gasteiger partial charge in [-0.05, 0) is 29.8 Å². The summed E-state index contributed by atoms with van der Waals surface area (Å²) >= 11 is 0. The molecular weight excluding hydrogens is 330 g/mol. The monoisotopic (exact) mass is 348 g/mol. The third-order valence-corrected chi connectivity index (χ3v) is 3.90. The number of hydrogen-bond donors (Lipinski definition) is 0. The third kappa shape index (κ3) is 3.87. The largest absolute Gasteiger partial charge is 0.751 e. The van der Waals surface area contributed by atoms with E-state index in [0.717, 1.165) is 16.9 Å². The molecule has 3 rings (SSSR count). The average Bonchev–Trinajstić information content (AvgIpc) is 2.68. The number of rotatable bonds is 5. The molecule has 26 heavy (non-hydrogen) atoms. The van der Waals surface area contributed by atoms with Crippen LogP contribution in [-0.2, 0) is 11.2 Å². The van der Waals surface area contributed by atoms with Crippen molar-refractivity contribution in [2.75, 3.05) is 12.2 Å². The van der Waals surface area contributed by atoms with Crippen molar-refractivity contribution in [2.24, 2.45) is 0 Å². The van der Waals surface area contributed by atoms with Crippen LogP contribution in [0, 0.1) is 5.21 Å². The first-order valence-corrected chi connectivity index (χ1v) is 8.10. The second-order valence-corrected chi connectivity index (χ2v) is 5.73. The second kappa shape index (κ2) is 7.76. The molecule has 0 aliphatic heterocycles. The minimum atomic E-state index is -0.634. The van der Waals surface area contributed by atoms with Crippen LogP contribution in [-0.4, -0.2) is 23.0 Å². The van der Waals surface area contributed by atoms with E-state index in [4.69, 9.17) is 4.74 Å². The first kappa shape index (κ1) is 17.6. The average molecular weight is 348 g/mol. The van der Waals surface area contributed by atoms with Gasteiger partial charge in [0.15, 0.2) is 0 Å². The summed E-state index contributed by atoms with van der Waals surface area (Å²) < 4.78 is 5.16. The summed E-state index contributed by atoms with van der Waals surface area (Å²) in [5, 5.41) is 12.4. The number of amides is 1. The number of carbonyl (C=O) groups is 1. The molecule has 0 saturated carbocycles. The van der Waals surface area contributed by atoms with Gasteiger partial charge in [-0.25, -0.2) is 9.97 Å². The number of hydroxylamine groups is 1. The van der Waals surface area contributed by atoms with E-state index >= 15 is 0 Å². The number of nitrogens with zero attached hydrogens (tertiary/aromatic N) is 3. The normalized spacial score (nSPS) is 10.4. The quantitative estimate of drug-likeness (QED) is 0.658. The summed E-state index contributed by atoms with van der Waals surface area (Å²) in [6.07, 6.45) is 1.90. The molecule has 1 heterocycles. The number of aromatic nitrogens is 2. The van der Waals surface area contributed by atoms with E-state index in [0.29, 0.717) is 17.8 Å². The van der Waals surface area contributed by atoms with Gasteiger partial charge in [0, 0.05) is 18.9 Å². The van der Waals surface area contributed by atoms with Crippen LogP contribution in [0.2, 0.25) is 0 Å². The van der Waals surface area contributed by atoms with Gasteiger partial charge in [-0.15, -0.1) is 0 Å². The molecule has 6 nitrogen and oxygen atoms in total. The number of methoxy groups -OCH3 is 1. The van der Waals surface area contributed by atoms with Gasteiger partial charge in [-0.3, -0.25) is 4.79 Å². The second-order valence-electron chi connectivity index (χ2n) is 5.73. The van der Waals surface area contributed by atoms with Crippen LogP contribution in [0.1, 0.15) is 18.2 Å². The number of hydrogen-bond acceptors (Lipinski definition) is 5. The highest BCUT2D eigenvalue weighted by molar-refractivity contribution is 5.91. The molecule has 3 aromatic rings. The number of carbonyl (C=O) groups excluding carboxylic acids is 1. The molecule has 2 aromatic carbocycles. The third-order valence-electron chi connectivity index (χ3n) is 3.90. The van der Waals surface area contributed by atoms with E-state index in [-0.39, 0.29) is 10.9 Å². The lowest BCUT2D eigenvalue weighted by molar-refractivity contribution is -0.116. The van der Waals surface area contributed by atoms with E-state index in [9.17, 15) is 10.0 Å². The topological polar surface area (TPSA) is 78.4 Å². The zero-order valence-electron chi connectivity index (χ0n) is 14.5.